The van der Waals surface area contributed by atoms with Gasteiger partial charge in [-0.15, -0.1) is 0 Å². The van der Waals surface area contributed by atoms with Crippen molar-refractivity contribution in [2.24, 2.45) is 0 Å². The molecule has 0 saturated carbocycles. The minimum Gasteiger partial charge on any atom is -0.393 e. The van der Waals surface area contributed by atoms with Crippen molar-refractivity contribution in [3.8, 4) is 0 Å². The van der Waals surface area contributed by atoms with E-state index in [-0.39, 0.29) is 19.0 Å². The van der Waals surface area contributed by atoms with Gasteiger partial charge in [-0.3, -0.25) is 0 Å². The van der Waals surface area contributed by atoms with E-state index in [1.54, 1.807) is 0 Å². The molecular weight excluding hydrogens is 144 g/mol. The molecule has 0 aromatic carbocycles. The Morgan fingerprint density at radius 3 is 3.00 bits per heavy atom. The lowest BCUT2D eigenvalue weighted by Crippen LogP contribution is -2.17. The van der Waals surface area contributed by atoms with Crippen molar-refractivity contribution in [2.75, 3.05) is 13.2 Å². The Kier molecular flexibility index (Phi) is 3.05. The summed E-state index contributed by atoms with van der Waals surface area (Å²) in [5, 5.41) is 8.78. The Morgan fingerprint density at radius 2 is 2.55 bits per heavy atom. The molecule has 1 heterocycles. The summed E-state index contributed by atoms with van der Waals surface area (Å²) in [6.07, 6.45) is 0.301. The van der Waals surface area contributed by atoms with Crippen molar-refractivity contribution < 1.29 is 14.6 Å². The summed E-state index contributed by atoms with van der Waals surface area (Å²) in [6.45, 7) is 6.33. The molecule has 11 heavy (non-hydrogen) atoms. The minimum atomic E-state index is -0.216. The van der Waals surface area contributed by atoms with Gasteiger partial charge >= 0.3 is 0 Å². The quantitative estimate of drug-likeness (QED) is 0.614. The molecule has 1 saturated heterocycles. The van der Waals surface area contributed by atoms with E-state index in [9.17, 15) is 0 Å². The summed E-state index contributed by atoms with van der Waals surface area (Å²) in [5.74, 6) is 0. The van der Waals surface area contributed by atoms with Crippen molar-refractivity contribution in [1.29, 1.82) is 0 Å². The van der Waals surface area contributed by atoms with Crippen LogP contribution >= 0.6 is 0 Å². The molecule has 0 radical (unpaired) electrons. The van der Waals surface area contributed by atoms with Crippen LogP contribution in [0.2, 0.25) is 0 Å². The molecule has 0 aromatic heterocycles. The standard InChI is InChI=1S/C8H14O3/c1-3-10-8-4-6(2)7(5-9)11-8/h7-9H,2-5H2,1H3/t7-,8+/m0/s1. The van der Waals surface area contributed by atoms with Gasteiger partial charge in [0.15, 0.2) is 6.29 Å². The summed E-state index contributed by atoms with van der Waals surface area (Å²) in [5.41, 5.74) is 0.922. The fraction of sp³-hybridized carbons (Fsp3) is 0.750. The Bertz CT molecular complexity index is 144. The third-order valence-corrected chi connectivity index (χ3v) is 1.72. The van der Waals surface area contributed by atoms with Crippen LogP contribution in [-0.4, -0.2) is 30.7 Å². The SMILES string of the molecule is C=C1C[C@H](OCC)O[C@H]1CO. The zero-order valence-corrected chi connectivity index (χ0v) is 6.75. The molecule has 0 aliphatic carbocycles. The largest absolute Gasteiger partial charge is 0.393 e. The van der Waals surface area contributed by atoms with E-state index in [4.69, 9.17) is 14.6 Å². The van der Waals surface area contributed by atoms with E-state index in [1.807, 2.05) is 6.92 Å². The van der Waals surface area contributed by atoms with Gasteiger partial charge in [-0.2, -0.15) is 0 Å². The maximum absolute atomic E-state index is 8.78. The highest BCUT2D eigenvalue weighted by molar-refractivity contribution is 5.07. The summed E-state index contributed by atoms with van der Waals surface area (Å²) >= 11 is 0. The lowest BCUT2D eigenvalue weighted by atomic mass is 10.1. The van der Waals surface area contributed by atoms with Crippen molar-refractivity contribution >= 4 is 0 Å². The van der Waals surface area contributed by atoms with Crippen molar-refractivity contribution in [1.82, 2.24) is 0 Å². The van der Waals surface area contributed by atoms with Gasteiger partial charge in [-0.05, 0) is 12.5 Å². The van der Waals surface area contributed by atoms with Gasteiger partial charge in [0.1, 0.15) is 6.10 Å². The first-order valence-corrected chi connectivity index (χ1v) is 3.83. The summed E-state index contributed by atoms with van der Waals surface area (Å²) in [6, 6.07) is 0. The normalized spacial score (nSPS) is 31.3. The van der Waals surface area contributed by atoms with E-state index in [2.05, 4.69) is 6.58 Å². The number of hydrogen-bond donors (Lipinski definition) is 1. The Labute approximate surface area is 66.6 Å². The zero-order valence-electron chi connectivity index (χ0n) is 6.75. The lowest BCUT2D eigenvalue weighted by Gasteiger charge is -2.10. The van der Waals surface area contributed by atoms with E-state index < -0.39 is 0 Å². The number of aliphatic hydroxyl groups excluding tert-OH is 1. The second-order valence-electron chi connectivity index (χ2n) is 2.55. The number of ether oxygens (including phenoxy) is 2. The van der Waals surface area contributed by atoms with E-state index in [0.29, 0.717) is 13.0 Å². The van der Waals surface area contributed by atoms with Crippen LogP contribution in [0.1, 0.15) is 13.3 Å². The summed E-state index contributed by atoms with van der Waals surface area (Å²) in [7, 11) is 0. The first-order valence-electron chi connectivity index (χ1n) is 3.83. The molecule has 0 bridgehead atoms. The van der Waals surface area contributed by atoms with Crippen molar-refractivity contribution in [3.05, 3.63) is 12.2 Å². The second-order valence-corrected chi connectivity index (χ2v) is 2.55. The van der Waals surface area contributed by atoms with Crippen molar-refractivity contribution in [3.63, 3.8) is 0 Å². The highest BCUT2D eigenvalue weighted by atomic mass is 16.7. The van der Waals surface area contributed by atoms with Gasteiger partial charge in [-0.1, -0.05) is 6.58 Å². The fourth-order valence-electron chi connectivity index (χ4n) is 1.13. The van der Waals surface area contributed by atoms with Crippen LogP contribution < -0.4 is 0 Å². The van der Waals surface area contributed by atoms with Crippen LogP contribution in [-0.2, 0) is 9.47 Å². The predicted molar refractivity (Wildman–Crippen MR) is 41.1 cm³/mol. The molecule has 0 amide bonds. The van der Waals surface area contributed by atoms with Crippen LogP contribution in [0.25, 0.3) is 0 Å². The first kappa shape index (κ1) is 8.71. The smallest absolute Gasteiger partial charge is 0.162 e. The molecule has 64 valence electrons. The Morgan fingerprint density at radius 1 is 1.82 bits per heavy atom. The Balaban J connectivity index is 2.36. The molecule has 0 spiro atoms. The van der Waals surface area contributed by atoms with E-state index >= 15 is 0 Å². The first-order chi connectivity index (χ1) is 5.27. The molecule has 3 nitrogen and oxygen atoms in total. The third kappa shape index (κ3) is 2.02. The molecule has 1 rings (SSSR count). The highest BCUT2D eigenvalue weighted by Crippen LogP contribution is 2.24. The molecule has 1 fully saturated rings. The lowest BCUT2D eigenvalue weighted by molar-refractivity contribution is -0.136. The van der Waals surface area contributed by atoms with Gasteiger partial charge in [0.05, 0.1) is 6.61 Å². The van der Waals surface area contributed by atoms with Gasteiger partial charge in [0.2, 0.25) is 0 Å². The van der Waals surface area contributed by atoms with E-state index in [0.717, 1.165) is 5.57 Å². The molecule has 1 aliphatic rings. The van der Waals surface area contributed by atoms with Crippen LogP contribution in [0.15, 0.2) is 12.2 Å². The van der Waals surface area contributed by atoms with Crippen LogP contribution in [0, 0.1) is 0 Å². The monoisotopic (exact) mass is 158 g/mol. The molecule has 0 unspecified atom stereocenters. The number of aliphatic hydroxyl groups is 1. The average Bonchev–Trinajstić information content (AvgIpc) is 2.32. The Hall–Kier alpha value is -0.380. The van der Waals surface area contributed by atoms with E-state index in [1.165, 1.54) is 0 Å². The van der Waals surface area contributed by atoms with Crippen molar-refractivity contribution in [2.45, 2.75) is 25.7 Å². The minimum absolute atomic E-state index is 0.00239. The predicted octanol–water partition coefficient (Wildman–Crippen LogP) is 0.686. The zero-order chi connectivity index (χ0) is 8.27. The number of rotatable bonds is 3. The third-order valence-electron chi connectivity index (χ3n) is 1.72. The number of hydrogen-bond acceptors (Lipinski definition) is 3. The molecule has 3 heteroatoms. The van der Waals surface area contributed by atoms with Gasteiger partial charge in [0.25, 0.3) is 0 Å². The van der Waals surface area contributed by atoms with Gasteiger partial charge in [0, 0.05) is 13.0 Å². The highest BCUT2D eigenvalue weighted by Gasteiger charge is 2.27. The molecule has 0 aromatic rings. The molecule has 1 aliphatic heterocycles. The fourth-order valence-corrected chi connectivity index (χ4v) is 1.13. The van der Waals surface area contributed by atoms with Gasteiger partial charge < -0.3 is 14.6 Å². The molecular formula is C8H14O3. The van der Waals surface area contributed by atoms with Crippen LogP contribution in [0.3, 0.4) is 0 Å². The van der Waals surface area contributed by atoms with Crippen LogP contribution in [0.4, 0.5) is 0 Å². The van der Waals surface area contributed by atoms with Crippen LogP contribution in [0.5, 0.6) is 0 Å². The summed E-state index contributed by atoms with van der Waals surface area (Å²) < 4.78 is 10.5. The average molecular weight is 158 g/mol. The molecule has 1 N–H and O–H groups in total. The second kappa shape index (κ2) is 3.85. The van der Waals surface area contributed by atoms with Gasteiger partial charge in [-0.25, -0.2) is 0 Å². The summed E-state index contributed by atoms with van der Waals surface area (Å²) in [4.78, 5) is 0. The maximum Gasteiger partial charge on any atom is 0.162 e. The maximum atomic E-state index is 8.78. The topological polar surface area (TPSA) is 38.7 Å². The molecule has 2 atom stereocenters.